The molecule has 0 bridgehead atoms. The third-order valence-electron chi connectivity index (χ3n) is 6.49. The van der Waals surface area contributed by atoms with Crippen molar-refractivity contribution < 1.29 is 80.7 Å². The third kappa shape index (κ3) is 12.2. The summed E-state index contributed by atoms with van der Waals surface area (Å²) < 4.78 is 4.38. The summed E-state index contributed by atoms with van der Waals surface area (Å²) in [5.74, 6) is -2.75. The second-order valence-corrected chi connectivity index (χ2v) is 9.99. The van der Waals surface area contributed by atoms with Crippen molar-refractivity contribution in [2.75, 3.05) is 26.3 Å². The predicted molar refractivity (Wildman–Crippen MR) is 155 cm³/mol. The molecule has 1 aliphatic rings. The van der Waals surface area contributed by atoms with Gasteiger partial charge in [0.25, 0.3) is 5.91 Å². The summed E-state index contributed by atoms with van der Waals surface area (Å²) in [5.41, 5.74) is 6.85. The van der Waals surface area contributed by atoms with Gasteiger partial charge in [-0.2, -0.15) is 0 Å². The smallest absolute Gasteiger partial charge is 0.338 e. The van der Waals surface area contributed by atoms with Gasteiger partial charge in [-0.15, -0.1) is 0 Å². The minimum atomic E-state index is -1.99. The normalized spacial score (nSPS) is 21.7. The predicted octanol–water partition coefficient (Wildman–Crippen LogP) is -5.22. The maximum absolute atomic E-state index is 11.6. The molecular weight excluding hydrogens is 620 g/mol. The second kappa shape index (κ2) is 19.6. The summed E-state index contributed by atoms with van der Waals surface area (Å²) >= 11 is 0. The highest BCUT2D eigenvalue weighted by Crippen LogP contribution is 2.25. The van der Waals surface area contributed by atoms with E-state index >= 15 is 0 Å². The number of rotatable bonds is 11. The first kappa shape index (κ1) is 40.2. The van der Waals surface area contributed by atoms with Gasteiger partial charge in [-0.25, -0.2) is 4.79 Å². The van der Waals surface area contributed by atoms with Crippen molar-refractivity contribution in [3.63, 3.8) is 0 Å². The quantitative estimate of drug-likeness (QED) is 0.0789. The van der Waals surface area contributed by atoms with E-state index in [4.69, 9.17) is 51.7 Å². The number of phenolic OH excluding ortho intramolecular Hbond substituents is 4. The Morgan fingerprint density at radius 2 is 1.33 bits per heavy atom. The van der Waals surface area contributed by atoms with E-state index < -0.39 is 73.9 Å². The summed E-state index contributed by atoms with van der Waals surface area (Å²) in [7, 11) is 0. The molecule has 0 aliphatic carbocycles. The Morgan fingerprint density at radius 1 is 0.804 bits per heavy atom. The van der Waals surface area contributed by atoms with Crippen LogP contribution < -0.4 is 11.1 Å². The highest BCUT2D eigenvalue weighted by atomic mass is 16.6. The number of phenols is 4. The number of aliphatic hydroxyl groups excluding tert-OH is 9. The molecule has 18 heteroatoms. The van der Waals surface area contributed by atoms with Gasteiger partial charge in [-0.3, -0.25) is 4.79 Å². The fraction of sp³-hybridized carbons (Fsp3) is 0.500. The number of amides is 1. The van der Waals surface area contributed by atoms with E-state index in [2.05, 4.69) is 10.1 Å². The molecule has 1 heterocycles. The average Bonchev–Trinajstić information content (AvgIpc) is 3.04. The van der Waals surface area contributed by atoms with Crippen molar-refractivity contribution >= 4 is 11.9 Å². The summed E-state index contributed by atoms with van der Waals surface area (Å²) in [4.78, 5) is 22.3. The number of nitrogens with two attached hydrogens (primary N) is 1. The van der Waals surface area contributed by atoms with Gasteiger partial charge in [-0.1, -0.05) is 12.1 Å². The third-order valence-corrected chi connectivity index (χ3v) is 6.49. The molecule has 3 rings (SSSR count). The fourth-order valence-electron chi connectivity index (χ4n) is 3.71. The lowest BCUT2D eigenvalue weighted by molar-refractivity contribution is -0.206. The van der Waals surface area contributed by atoms with Crippen molar-refractivity contribution in [3.8, 4) is 23.0 Å². The van der Waals surface area contributed by atoms with E-state index in [0.29, 0.717) is 18.5 Å². The van der Waals surface area contributed by atoms with Crippen molar-refractivity contribution in [2.45, 2.75) is 61.7 Å². The molecule has 6 unspecified atom stereocenters. The maximum atomic E-state index is 11.6. The van der Waals surface area contributed by atoms with Crippen LogP contribution in [0.5, 0.6) is 23.0 Å². The summed E-state index contributed by atoms with van der Waals surface area (Å²) in [6, 6.07) is 8.85. The highest BCUT2D eigenvalue weighted by Gasteiger charge is 2.43. The number of hydrogen-bond acceptors (Lipinski definition) is 17. The van der Waals surface area contributed by atoms with E-state index in [-0.39, 0.29) is 36.0 Å². The van der Waals surface area contributed by atoms with E-state index in [0.717, 1.165) is 5.56 Å². The topological polar surface area (TPSA) is 344 Å². The van der Waals surface area contributed by atoms with Gasteiger partial charge in [0.15, 0.2) is 41.3 Å². The van der Waals surface area contributed by atoms with E-state index in [9.17, 15) is 30.0 Å². The molecular formula is C28H42N2O16. The molecule has 0 saturated carbocycles. The average molecular weight is 663 g/mol. The molecule has 1 aliphatic heterocycles. The van der Waals surface area contributed by atoms with Crippen LogP contribution in [0.2, 0.25) is 0 Å². The number of aliphatic hydroxyl groups is 9. The molecule has 2 aromatic carbocycles. The summed E-state index contributed by atoms with van der Waals surface area (Å²) in [6.07, 6.45) is -12.4. The molecule has 18 nitrogen and oxygen atoms in total. The molecule has 16 N–H and O–H groups in total. The Balaban J connectivity index is 0.000000383. The number of nitrogens with one attached hydrogen (secondary N) is 1. The Hall–Kier alpha value is -3.82. The summed E-state index contributed by atoms with van der Waals surface area (Å²) in [5, 5.41) is 121. The lowest BCUT2D eigenvalue weighted by Crippen LogP contribution is -2.56. The standard InChI is InChI=1S/C14H21NO8.C8H11NO2.C6H10O6/c16-6-10(19)11(20)12(21)13(22)14(23)15-4-3-7-1-2-8(17)9(18)5-7;9-4-3-6-1-2-7(10)8(11)5-6;7-1-2-3(8)4(9)5(10)6(11)12-2/h1-2,5,10-13,16-22H,3-4,6H2,(H,15,23);1-2,5,10-11H,3-4,9H2;2-5,7-10H,1H2/t;;2?,3-,4-,5?/m..1/s1. The minimum Gasteiger partial charge on any atom is -0.504 e. The molecule has 1 amide bonds. The number of carbonyl (C=O) groups excluding carboxylic acids is 2. The zero-order valence-electron chi connectivity index (χ0n) is 24.4. The minimum absolute atomic E-state index is 0.0610. The van der Waals surface area contributed by atoms with Crippen molar-refractivity contribution in [2.24, 2.45) is 5.73 Å². The van der Waals surface area contributed by atoms with Gasteiger partial charge in [0, 0.05) is 6.54 Å². The van der Waals surface area contributed by atoms with Crippen LogP contribution in [-0.4, -0.2) is 153 Å². The number of hydrogen-bond donors (Lipinski definition) is 15. The number of aromatic hydroxyl groups is 4. The zero-order valence-corrected chi connectivity index (χ0v) is 24.4. The molecule has 0 aromatic heterocycles. The first-order valence-corrected chi connectivity index (χ1v) is 13.8. The Labute approximate surface area is 262 Å². The van der Waals surface area contributed by atoms with Crippen LogP contribution in [0.25, 0.3) is 0 Å². The number of esters is 1. The van der Waals surface area contributed by atoms with Gasteiger partial charge in [0.05, 0.1) is 13.2 Å². The van der Waals surface area contributed by atoms with Crippen LogP contribution in [-0.2, 0) is 27.2 Å². The van der Waals surface area contributed by atoms with Crippen LogP contribution in [0.3, 0.4) is 0 Å². The monoisotopic (exact) mass is 662 g/mol. The van der Waals surface area contributed by atoms with E-state index in [1.165, 1.54) is 30.3 Å². The Kier molecular flexibility index (Phi) is 17.2. The van der Waals surface area contributed by atoms with Gasteiger partial charge in [-0.05, 0) is 54.8 Å². The molecule has 1 fully saturated rings. The van der Waals surface area contributed by atoms with Crippen LogP contribution in [0.1, 0.15) is 11.1 Å². The van der Waals surface area contributed by atoms with Gasteiger partial charge in [0.1, 0.15) is 30.5 Å². The maximum Gasteiger partial charge on any atom is 0.338 e. The van der Waals surface area contributed by atoms with Crippen LogP contribution >= 0.6 is 0 Å². The Bertz CT molecular complexity index is 1230. The molecule has 2 aromatic rings. The summed E-state index contributed by atoms with van der Waals surface area (Å²) in [6.45, 7) is -0.816. The molecule has 0 spiro atoms. The van der Waals surface area contributed by atoms with Crippen molar-refractivity contribution in [3.05, 3.63) is 47.5 Å². The fourth-order valence-corrected chi connectivity index (χ4v) is 3.71. The number of benzene rings is 2. The zero-order chi connectivity index (χ0) is 35.1. The lowest BCUT2D eigenvalue weighted by Gasteiger charge is -2.32. The SMILES string of the molecule is NCCc1ccc(O)c(O)c1.O=C(NCCc1ccc(O)c(O)c1)C(O)C(O)C(O)C(O)CO.O=C1OC(CO)[C@@H](O)[C@@H](O)C1O. The first-order chi connectivity index (χ1) is 21.6. The Morgan fingerprint density at radius 3 is 1.78 bits per heavy atom. The van der Waals surface area contributed by atoms with Crippen LogP contribution in [0.4, 0.5) is 0 Å². The largest absolute Gasteiger partial charge is 0.504 e. The second-order valence-electron chi connectivity index (χ2n) is 9.99. The number of cyclic esters (lactones) is 1. The van der Waals surface area contributed by atoms with Crippen LogP contribution in [0.15, 0.2) is 36.4 Å². The molecule has 0 radical (unpaired) electrons. The van der Waals surface area contributed by atoms with Gasteiger partial charge >= 0.3 is 5.97 Å². The highest BCUT2D eigenvalue weighted by molar-refractivity contribution is 5.81. The van der Waals surface area contributed by atoms with Crippen molar-refractivity contribution in [1.82, 2.24) is 5.32 Å². The number of ether oxygens (including phenoxy) is 1. The molecule has 1 saturated heterocycles. The van der Waals surface area contributed by atoms with E-state index in [1.807, 2.05) is 0 Å². The van der Waals surface area contributed by atoms with E-state index in [1.54, 1.807) is 6.07 Å². The molecule has 8 atom stereocenters. The lowest BCUT2D eigenvalue weighted by atomic mass is 10.0. The molecule has 260 valence electrons. The van der Waals surface area contributed by atoms with Crippen molar-refractivity contribution in [1.29, 1.82) is 0 Å². The van der Waals surface area contributed by atoms with Gasteiger partial charge in [0.2, 0.25) is 0 Å². The number of carbonyl (C=O) groups is 2. The first-order valence-electron chi connectivity index (χ1n) is 13.8. The van der Waals surface area contributed by atoms with Crippen LogP contribution in [0, 0.1) is 0 Å². The molecule has 46 heavy (non-hydrogen) atoms. The van der Waals surface area contributed by atoms with Gasteiger partial charge < -0.3 is 82.2 Å².